The number of hydrogen-bond donors (Lipinski definition) is 0. The molecular weight excluding hydrogens is 278 g/mol. The lowest BCUT2D eigenvalue weighted by Crippen LogP contribution is -1.97. The zero-order valence-electron chi connectivity index (χ0n) is 10.2. The smallest absolute Gasteiger partial charge is 0.201 e. The molecule has 0 atom stereocenters. The highest BCUT2D eigenvalue weighted by Gasteiger charge is 2.27. The number of nitrogens with zero attached hydrogens (tertiary/aromatic N) is 1. The van der Waals surface area contributed by atoms with Crippen LogP contribution >= 0.6 is 23.4 Å². The number of aromatic nitrogens is 1. The van der Waals surface area contributed by atoms with E-state index in [1.807, 2.05) is 37.3 Å². The molecule has 0 unspecified atom stereocenters. The lowest BCUT2D eigenvalue weighted by molar-refractivity contribution is 0.104. The van der Waals surface area contributed by atoms with Gasteiger partial charge in [0.1, 0.15) is 0 Å². The van der Waals surface area contributed by atoms with Gasteiger partial charge in [-0.2, -0.15) is 0 Å². The van der Waals surface area contributed by atoms with Crippen molar-refractivity contribution in [1.82, 2.24) is 4.98 Å². The molecule has 1 aromatic heterocycles. The molecular formula is C15H10ClNOS. The first-order valence-corrected chi connectivity index (χ1v) is 6.99. The van der Waals surface area contributed by atoms with Crippen molar-refractivity contribution < 1.29 is 4.79 Å². The van der Waals surface area contributed by atoms with Crippen molar-refractivity contribution in [3.63, 3.8) is 0 Å². The van der Waals surface area contributed by atoms with Gasteiger partial charge in [-0.3, -0.25) is 9.78 Å². The predicted molar refractivity (Wildman–Crippen MR) is 78.6 cm³/mol. The highest BCUT2D eigenvalue weighted by molar-refractivity contribution is 8.04. The van der Waals surface area contributed by atoms with Crippen LogP contribution in [0, 0.1) is 6.92 Å². The number of rotatable bonds is 1. The second-order valence-corrected chi connectivity index (χ2v) is 5.84. The van der Waals surface area contributed by atoms with E-state index in [9.17, 15) is 4.79 Å². The zero-order valence-corrected chi connectivity index (χ0v) is 11.8. The molecule has 1 aromatic carbocycles. The average Bonchev–Trinajstić information content (AvgIpc) is 2.67. The van der Waals surface area contributed by atoms with Crippen molar-refractivity contribution in [1.29, 1.82) is 0 Å². The Morgan fingerprint density at radius 1 is 1.37 bits per heavy atom. The van der Waals surface area contributed by atoms with E-state index in [-0.39, 0.29) is 5.78 Å². The van der Waals surface area contributed by atoms with Crippen LogP contribution in [-0.4, -0.2) is 10.8 Å². The summed E-state index contributed by atoms with van der Waals surface area (Å²) in [6.07, 6.45) is 5.32. The van der Waals surface area contributed by atoms with Gasteiger partial charge in [0.25, 0.3) is 0 Å². The van der Waals surface area contributed by atoms with E-state index in [0.29, 0.717) is 9.93 Å². The molecule has 0 bridgehead atoms. The van der Waals surface area contributed by atoms with E-state index in [1.165, 1.54) is 11.8 Å². The summed E-state index contributed by atoms with van der Waals surface area (Å²) in [5, 5.41) is 0.666. The number of aryl methyl sites for hydroxylation is 1. The highest BCUT2D eigenvalue weighted by atomic mass is 35.5. The Bertz CT molecular complexity index is 695. The molecule has 2 nitrogen and oxygen atoms in total. The maximum absolute atomic E-state index is 12.4. The summed E-state index contributed by atoms with van der Waals surface area (Å²) in [5.74, 6) is 0.0676. The molecule has 0 N–H and O–H groups in total. The van der Waals surface area contributed by atoms with Crippen LogP contribution in [0.4, 0.5) is 0 Å². The molecule has 4 heteroatoms. The number of carbonyl (C=O) groups excluding carboxylic acids is 1. The predicted octanol–water partition coefficient (Wildman–Crippen LogP) is 4.37. The van der Waals surface area contributed by atoms with Gasteiger partial charge in [0.15, 0.2) is 0 Å². The molecule has 0 aliphatic carbocycles. The summed E-state index contributed by atoms with van der Waals surface area (Å²) >= 11 is 7.50. The van der Waals surface area contributed by atoms with Crippen LogP contribution in [0.3, 0.4) is 0 Å². The summed E-state index contributed by atoms with van der Waals surface area (Å²) in [6.45, 7) is 1.91. The van der Waals surface area contributed by atoms with Crippen LogP contribution in [-0.2, 0) is 0 Å². The van der Waals surface area contributed by atoms with Crippen molar-refractivity contribution in [3.8, 4) is 0 Å². The fourth-order valence-corrected chi connectivity index (χ4v) is 3.59. The molecule has 0 radical (unpaired) electrons. The highest BCUT2D eigenvalue weighted by Crippen LogP contribution is 2.43. The fourth-order valence-electron chi connectivity index (χ4n) is 2.08. The first-order chi connectivity index (χ1) is 9.15. The van der Waals surface area contributed by atoms with Gasteiger partial charge in [-0.05, 0) is 42.3 Å². The van der Waals surface area contributed by atoms with Gasteiger partial charge in [0.2, 0.25) is 5.78 Å². The number of pyridine rings is 1. The third-order valence-corrected chi connectivity index (χ3v) is 4.20. The number of fused-ring (bicyclic) bond motifs is 1. The number of allylic oxidation sites excluding steroid dienone is 1. The largest absolute Gasteiger partial charge is 0.288 e. The number of Topliss-reactive ketones (excluding diaryl/α,β-unsaturated/α-hetero) is 1. The van der Waals surface area contributed by atoms with Crippen LogP contribution in [0.25, 0.3) is 6.08 Å². The van der Waals surface area contributed by atoms with Gasteiger partial charge < -0.3 is 0 Å². The monoisotopic (exact) mass is 287 g/mol. The molecule has 94 valence electrons. The molecule has 2 heterocycles. The first kappa shape index (κ1) is 12.5. The van der Waals surface area contributed by atoms with E-state index < -0.39 is 0 Å². The van der Waals surface area contributed by atoms with E-state index >= 15 is 0 Å². The van der Waals surface area contributed by atoms with Crippen LogP contribution in [0.2, 0.25) is 5.02 Å². The third-order valence-electron chi connectivity index (χ3n) is 2.92. The van der Waals surface area contributed by atoms with E-state index in [4.69, 9.17) is 11.6 Å². The molecule has 19 heavy (non-hydrogen) atoms. The number of benzene rings is 1. The Morgan fingerprint density at radius 2 is 2.21 bits per heavy atom. The molecule has 1 aliphatic rings. The molecule has 0 amide bonds. The van der Waals surface area contributed by atoms with Gasteiger partial charge in [-0.25, -0.2) is 0 Å². The van der Waals surface area contributed by atoms with Gasteiger partial charge in [-0.1, -0.05) is 29.4 Å². The van der Waals surface area contributed by atoms with Crippen LogP contribution < -0.4 is 0 Å². The second kappa shape index (κ2) is 4.83. The lowest BCUT2D eigenvalue weighted by Gasteiger charge is -2.01. The standard InChI is InChI=1S/C15H10ClNOS/c1-9-5-11(16)7-12-14(9)15(18)13(19-12)6-10-3-2-4-17-8-10/h2-8H,1H3. The Kier molecular flexibility index (Phi) is 3.17. The van der Waals surface area contributed by atoms with Crippen LogP contribution in [0.15, 0.2) is 46.5 Å². The van der Waals surface area contributed by atoms with Crippen molar-refractivity contribution in [2.24, 2.45) is 0 Å². The molecule has 0 spiro atoms. The fraction of sp³-hybridized carbons (Fsp3) is 0.0667. The second-order valence-electron chi connectivity index (χ2n) is 4.32. The van der Waals surface area contributed by atoms with Gasteiger partial charge in [0.05, 0.1) is 4.91 Å². The quantitative estimate of drug-likeness (QED) is 0.729. The number of carbonyl (C=O) groups is 1. The summed E-state index contributed by atoms with van der Waals surface area (Å²) in [5.41, 5.74) is 2.62. The minimum atomic E-state index is 0.0676. The normalized spacial score (nSPS) is 15.9. The molecule has 2 aromatic rings. The van der Waals surface area contributed by atoms with Crippen molar-refractivity contribution in [3.05, 3.63) is 63.3 Å². The van der Waals surface area contributed by atoms with Crippen molar-refractivity contribution in [2.75, 3.05) is 0 Å². The van der Waals surface area contributed by atoms with Gasteiger partial charge in [-0.15, -0.1) is 0 Å². The topological polar surface area (TPSA) is 30.0 Å². The molecule has 1 aliphatic heterocycles. The van der Waals surface area contributed by atoms with Gasteiger partial charge >= 0.3 is 0 Å². The summed E-state index contributed by atoms with van der Waals surface area (Å²) in [6, 6.07) is 7.45. The van der Waals surface area contributed by atoms with Crippen molar-refractivity contribution >= 4 is 35.2 Å². The number of ketones is 1. The van der Waals surface area contributed by atoms with E-state index in [1.54, 1.807) is 12.4 Å². The summed E-state index contributed by atoms with van der Waals surface area (Å²) in [4.78, 5) is 18.1. The Balaban J connectivity index is 2.05. The minimum absolute atomic E-state index is 0.0676. The maximum atomic E-state index is 12.4. The molecule has 3 rings (SSSR count). The average molecular weight is 288 g/mol. The van der Waals surface area contributed by atoms with Crippen molar-refractivity contribution in [2.45, 2.75) is 11.8 Å². The first-order valence-electron chi connectivity index (χ1n) is 5.79. The molecule has 0 saturated carbocycles. The summed E-state index contributed by atoms with van der Waals surface area (Å²) < 4.78 is 0. The Morgan fingerprint density at radius 3 is 2.95 bits per heavy atom. The summed E-state index contributed by atoms with van der Waals surface area (Å²) in [7, 11) is 0. The lowest BCUT2D eigenvalue weighted by atomic mass is 10.0. The molecule has 0 fully saturated rings. The SMILES string of the molecule is Cc1cc(Cl)cc2c1C(=O)C(=Cc1cccnc1)S2. The number of thioether (sulfide) groups is 1. The van der Waals surface area contributed by atoms with Crippen LogP contribution in [0.5, 0.6) is 0 Å². The molecule has 0 saturated heterocycles. The Labute approximate surface area is 120 Å². The van der Waals surface area contributed by atoms with Gasteiger partial charge in [0, 0.05) is 27.9 Å². The van der Waals surface area contributed by atoms with E-state index in [2.05, 4.69) is 4.98 Å². The maximum Gasteiger partial charge on any atom is 0.201 e. The minimum Gasteiger partial charge on any atom is -0.288 e. The number of halogens is 1. The van der Waals surface area contributed by atoms with E-state index in [0.717, 1.165) is 21.6 Å². The number of hydrogen-bond acceptors (Lipinski definition) is 3. The zero-order chi connectivity index (χ0) is 13.4. The Hall–Kier alpha value is -1.58. The van der Waals surface area contributed by atoms with Crippen LogP contribution in [0.1, 0.15) is 21.5 Å². The third kappa shape index (κ3) is 2.31.